The standard InChI is InChI=1S/C25H26N2O7S/c1-15-6-7-16(2)20(12-15)35(32,33)25(10-4-5-11-25)24(31)34-14-21(28)26-17-8-9-18-19(13-17)23(30)27(3)22(18)29/h6-9,12-13H,4-5,10-11,14H2,1-3H3,(H,26,28). The first-order valence-corrected chi connectivity index (χ1v) is 12.7. The number of hydrogen-bond acceptors (Lipinski definition) is 7. The Labute approximate surface area is 203 Å². The molecule has 1 heterocycles. The van der Waals surface area contributed by atoms with E-state index in [-0.39, 0.29) is 34.6 Å². The van der Waals surface area contributed by atoms with Crippen LogP contribution in [0.4, 0.5) is 5.69 Å². The fraction of sp³-hybridized carbons (Fsp3) is 0.360. The number of carbonyl (C=O) groups excluding carboxylic acids is 4. The van der Waals surface area contributed by atoms with E-state index in [1.54, 1.807) is 32.0 Å². The van der Waals surface area contributed by atoms with Gasteiger partial charge in [0.2, 0.25) is 0 Å². The molecule has 2 aromatic rings. The van der Waals surface area contributed by atoms with Crippen molar-refractivity contribution in [2.45, 2.75) is 49.2 Å². The molecule has 0 atom stereocenters. The van der Waals surface area contributed by atoms with E-state index in [1.165, 1.54) is 25.2 Å². The Hall–Kier alpha value is -3.53. The van der Waals surface area contributed by atoms with Gasteiger partial charge in [-0.3, -0.25) is 24.1 Å². The largest absolute Gasteiger partial charge is 0.454 e. The van der Waals surface area contributed by atoms with Crippen LogP contribution in [0.15, 0.2) is 41.3 Å². The van der Waals surface area contributed by atoms with Crippen molar-refractivity contribution in [3.8, 4) is 0 Å². The fourth-order valence-corrected chi connectivity index (χ4v) is 6.99. The summed E-state index contributed by atoms with van der Waals surface area (Å²) in [7, 11) is -2.69. The molecule has 0 radical (unpaired) electrons. The number of esters is 1. The van der Waals surface area contributed by atoms with Gasteiger partial charge in [0, 0.05) is 12.7 Å². The molecule has 0 spiro atoms. The molecule has 10 heteroatoms. The summed E-state index contributed by atoms with van der Waals surface area (Å²) >= 11 is 0. The van der Waals surface area contributed by atoms with Gasteiger partial charge in [-0.05, 0) is 62.1 Å². The minimum atomic E-state index is -4.06. The van der Waals surface area contributed by atoms with Crippen LogP contribution in [0.25, 0.3) is 0 Å². The third-order valence-electron chi connectivity index (χ3n) is 6.64. The van der Waals surface area contributed by atoms with Crippen molar-refractivity contribution in [3.05, 3.63) is 58.7 Å². The van der Waals surface area contributed by atoms with Crippen LogP contribution in [0.2, 0.25) is 0 Å². The molecular weight excluding hydrogens is 472 g/mol. The summed E-state index contributed by atoms with van der Waals surface area (Å²) in [6, 6.07) is 9.34. The molecule has 4 rings (SSSR count). The number of nitrogens with one attached hydrogen (secondary N) is 1. The van der Waals surface area contributed by atoms with Gasteiger partial charge in [-0.25, -0.2) is 8.42 Å². The van der Waals surface area contributed by atoms with E-state index in [0.29, 0.717) is 18.4 Å². The molecule has 2 aliphatic rings. The van der Waals surface area contributed by atoms with Gasteiger partial charge in [0.1, 0.15) is 0 Å². The average Bonchev–Trinajstić information content (AvgIpc) is 3.41. The number of carbonyl (C=O) groups is 4. The molecule has 35 heavy (non-hydrogen) atoms. The van der Waals surface area contributed by atoms with Crippen LogP contribution in [-0.2, 0) is 24.2 Å². The van der Waals surface area contributed by atoms with Crippen LogP contribution < -0.4 is 5.32 Å². The van der Waals surface area contributed by atoms with E-state index in [0.717, 1.165) is 10.5 Å². The van der Waals surface area contributed by atoms with Gasteiger partial charge in [-0.2, -0.15) is 0 Å². The average molecular weight is 499 g/mol. The lowest BCUT2D eigenvalue weighted by molar-refractivity contribution is -0.149. The maximum atomic E-state index is 13.6. The molecule has 0 aromatic heterocycles. The van der Waals surface area contributed by atoms with Gasteiger partial charge in [-0.1, -0.05) is 25.0 Å². The van der Waals surface area contributed by atoms with Gasteiger partial charge in [-0.15, -0.1) is 0 Å². The summed E-state index contributed by atoms with van der Waals surface area (Å²) < 4.78 is 30.8. The van der Waals surface area contributed by atoms with Crippen LogP contribution >= 0.6 is 0 Å². The van der Waals surface area contributed by atoms with Gasteiger partial charge in [0.25, 0.3) is 17.7 Å². The molecule has 9 nitrogen and oxygen atoms in total. The predicted molar refractivity (Wildman–Crippen MR) is 127 cm³/mol. The Morgan fingerprint density at radius 1 is 1.00 bits per heavy atom. The maximum absolute atomic E-state index is 13.6. The molecule has 1 saturated carbocycles. The number of benzene rings is 2. The normalized spacial score (nSPS) is 16.8. The summed E-state index contributed by atoms with van der Waals surface area (Å²) in [5.74, 6) is -2.54. The zero-order chi connectivity index (χ0) is 25.5. The van der Waals surface area contributed by atoms with Crippen LogP contribution in [0.3, 0.4) is 0 Å². The first-order chi connectivity index (χ1) is 16.5. The molecule has 1 aliphatic carbocycles. The van der Waals surface area contributed by atoms with Gasteiger partial charge in [0.05, 0.1) is 16.0 Å². The highest BCUT2D eigenvalue weighted by molar-refractivity contribution is 7.93. The van der Waals surface area contributed by atoms with Crippen LogP contribution in [0.5, 0.6) is 0 Å². The third kappa shape index (κ3) is 4.12. The second-order valence-corrected chi connectivity index (χ2v) is 11.3. The molecule has 0 saturated heterocycles. The number of imide groups is 1. The maximum Gasteiger partial charge on any atom is 0.328 e. The first kappa shape index (κ1) is 24.6. The van der Waals surface area contributed by atoms with Crippen LogP contribution in [-0.4, -0.2) is 55.4 Å². The molecule has 1 aliphatic heterocycles. The van der Waals surface area contributed by atoms with Crippen LogP contribution in [0.1, 0.15) is 57.5 Å². The Kier molecular flexibility index (Phi) is 6.27. The third-order valence-corrected chi connectivity index (χ3v) is 9.26. The Morgan fingerprint density at radius 3 is 2.34 bits per heavy atom. The number of ether oxygens (including phenoxy) is 1. The van der Waals surface area contributed by atoms with Crippen LogP contribution in [0, 0.1) is 13.8 Å². The van der Waals surface area contributed by atoms with E-state index in [2.05, 4.69) is 5.32 Å². The molecule has 0 unspecified atom stereocenters. The Balaban J connectivity index is 1.49. The first-order valence-electron chi connectivity index (χ1n) is 11.2. The highest BCUT2D eigenvalue weighted by atomic mass is 32.2. The Bertz CT molecular complexity index is 1360. The van der Waals surface area contributed by atoms with Crippen molar-refractivity contribution in [2.24, 2.45) is 0 Å². The number of aryl methyl sites for hydroxylation is 2. The highest BCUT2D eigenvalue weighted by Crippen LogP contribution is 2.42. The van der Waals surface area contributed by atoms with E-state index < -0.39 is 44.9 Å². The number of hydrogen-bond donors (Lipinski definition) is 1. The quantitative estimate of drug-likeness (QED) is 0.479. The van der Waals surface area contributed by atoms with E-state index in [4.69, 9.17) is 4.74 Å². The number of fused-ring (bicyclic) bond motifs is 1. The molecular formula is C25H26N2O7S. The SMILES string of the molecule is Cc1ccc(C)c(S(=O)(=O)C2(C(=O)OCC(=O)Nc3ccc4c(c3)C(=O)N(C)C4=O)CCCC2)c1. The van der Waals surface area contributed by atoms with Gasteiger partial charge in [0.15, 0.2) is 21.2 Å². The number of nitrogens with zero attached hydrogens (tertiary/aromatic N) is 1. The summed E-state index contributed by atoms with van der Waals surface area (Å²) in [5, 5.41) is 2.52. The van der Waals surface area contributed by atoms with E-state index in [9.17, 15) is 27.6 Å². The number of rotatable bonds is 6. The van der Waals surface area contributed by atoms with Gasteiger partial charge < -0.3 is 10.1 Å². The molecule has 3 amide bonds. The lowest BCUT2D eigenvalue weighted by Gasteiger charge is -2.27. The molecule has 1 N–H and O–H groups in total. The summed E-state index contributed by atoms with van der Waals surface area (Å²) in [5.41, 5.74) is 1.96. The monoisotopic (exact) mass is 498 g/mol. The number of sulfone groups is 1. The second-order valence-electron chi connectivity index (χ2n) is 9.03. The minimum absolute atomic E-state index is 0.100. The van der Waals surface area contributed by atoms with Crippen molar-refractivity contribution >= 4 is 39.2 Å². The van der Waals surface area contributed by atoms with E-state index >= 15 is 0 Å². The smallest absolute Gasteiger partial charge is 0.328 e. The second kappa shape index (κ2) is 8.92. The summed E-state index contributed by atoms with van der Waals surface area (Å²) in [6.07, 6.45) is 1.36. The molecule has 0 bridgehead atoms. The van der Waals surface area contributed by atoms with Crippen molar-refractivity contribution in [3.63, 3.8) is 0 Å². The summed E-state index contributed by atoms with van der Waals surface area (Å²) in [4.78, 5) is 50.9. The molecule has 1 fully saturated rings. The van der Waals surface area contributed by atoms with Crippen molar-refractivity contribution < 1.29 is 32.3 Å². The number of amides is 3. The molecule has 184 valence electrons. The Morgan fingerprint density at radius 2 is 1.66 bits per heavy atom. The predicted octanol–water partition coefficient (Wildman–Crippen LogP) is 2.80. The molecule has 2 aromatic carbocycles. The highest BCUT2D eigenvalue weighted by Gasteiger charge is 2.54. The van der Waals surface area contributed by atoms with Gasteiger partial charge >= 0.3 is 5.97 Å². The minimum Gasteiger partial charge on any atom is -0.454 e. The zero-order valence-electron chi connectivity index (χ0n) is 19.7. The summed E-state index contributed by atoms with van der Waals surface area (Å²) in [6.45, 7) is 2.77. The lowest BCUT2D eigenvalue weighted by atomic mass is 10.1. The number of anilines is 1. The zero-order valence-corrected chi connectivity index (χ0v) is 20.5. The lowest BCUT2D eigenvalue weighted by Crippen LogP contribution is -2.46. The van der Waals surface area contributed by atoms with Crippen molar-refractivity contribution in [1.29, 1.82) is 0 Å². The fourth-order valence-electron chi connectivity index (χ4n) is 4.63. The van der Waals surface area contributed by atoms with E-state index in [1.807, 2.05) is 0 Å². The van der Waals surface area contributed by atoms with Crippen molar-refractivity contribution in [2.75, 3.05) is 19.0 Å². The topological polar surface area (TPSA) is 127 Å². The van der Waals surface area contributed by atoms with Crippen molar-refractivity contribution in [1.82, 2.24) is 4.90 Å².